The van der Waals surface area contributed by atoms with E-state index < -0.39 is 0 Å². The molecule has 4 nitrogen and oxygen atoms in total. The smallest absolute Gasteiger partial charge is 0.221 e. The monoisotopic (exact) mass is 464 g/mol. The van der Waals surface area contributed by atoms with Crippen molar-refractivity contribution in [2.24, 2.45) is 0 Å². The van der Waals surface area contributed by atoms with Crippen molar-refractivity contribution >= 4 is 16.8 Å². The number of rotatable bonds is 8. The van der Waals surface area contributed by atoms with Gasteiger partial charge in [-0.3, -0.25) is 4.79 Å². The zero-order chi connectivity index (χ0) is 24.0. The number of nitrogens with one attached hydrogen (secondary N) is 2. The van der Waals surface area contributed by atoms with Gasteiger partial charge in [0.15, 0.2) is 0 Å². The van der Waals surface area contributed by atoms with E-state index in [2.05, 4.69) is 16.4 Å². The lowest BCUT2D eigenvalue weighted by molar-refractivity contribution is -0.121. The van der Waals surface area contributed by atoms with Crippen LogP contribution in [0, 0.1) is 5.82 Å². The van der Waals surface area contributed by atoms with Gasteiger partial charge in [0, 0.05) is 36.0 Å². The van der Waals surface area contributed by atoms with E-state index >= 15 is 0 Å². The molecule has 0 spiro atoms. The van der Waals surface area contributed by atoms with Crippen LogP contribution >= 0.6 is 0 Å². The largest absolute Gasteiger partial charge is 0.457 e. The highest BCUT2D eigenvalue weighted by atomic mass is 19.1. The minimum atomic E-state index is -0.294. The van der Waals surface area contributed by atoms with Gasteiger partial charge in [-0.05, 0) is 59.2 Å². The lowest BCUT2D eigenvalue weighted by atomic mass is 9.88. The highest BCUT2D eigenvalue weighted by Gasteiger charge is 2.22. The van der Waals surface area contributed by atoms with Gasteiger partial charge in [0.1, 0.15) is 17.3 Å². The fraction of sp³-hybridized carbons (Fsp3) is 0.100. The number of para-hydroxylation sites is 2. The average molecular weight is 465 g/mol. The minimum Gasteiger partial charge on any atom is -0.457 e. The summed E-state index contributed by atoms with van der Waals surface area (Å²) in [6.07, 6.45) is 2.24. The average Bonchev–Trinajstić information content (AvgIpc) is 3.32. The molecule has 4 aromatic carbocycles. The van der Waals surface area contributed by atoms with Crippen molar-refractivity contribution in [3.05, 3.63) is 132 Å². The maximum atomic E-state index is 13.2. The summed E-state index contributed by atoms with van der Waals surface area (Å²) in [7, 11) is 0. The molecule has 1 atom stereocenters. The second-order valence-electron chi connectivity index (χ2n) is 8.44. The first-order valence-electron chi connectivity index (χ1n) is 11.6. The third-order valence-electron chi connectivity index (χ3n) is 6.03. The Morgan fingerprint density at radius 1 is 0.857 bits per heavy atom. The Morgan fingerprint density at radius 3 is 2.43 bits per heavy atom. The summed E-state index contributed by atoms with van der Waals surface area (Å²) < 4.78 is 19.3. The molecule has 5 aromatic rings. The van der Waals surface area contributed by atoms with Crippen LogP contribution in [0.3, 0.4) is 0 Å². The predicted octanol–water partition coefficient (Wildman–Crippen LogP) is 6.94. The Kier molecular flexibility index (Phi) is 6.57. The number of hydrogen-bond donors (Lipinski definition) is 2. The van der Waals surface area contributed by atoms with E-state index in [4.69, 9.17) is 4.74 Å². The Bertz CT molecular complexity index is 1430. The van der Waals surface area contributed by atoms with Crippen molar-refractivity contribution in [3.63, 3.8) is 0 Å². The molecule has 5 rings (SSSR count). The first-order valence-corrected chi connectivity index (χ1v) is 11.6. The third kappa shape index (κ3) is 5.41. The van der Waals surface area contributed by atoms with Crippen LogP contribution in [0.15, 0.2) is 109 Å². The van der Waals surface area contributed by atoms with E-state index in [-0.39, 0.29) is 24.1 Å². The zero-order valence-corrected chi connectivity index (χ0v) is 19.1. The second-order valence-corrected chi connectivity index (χ2v) is 8.44. The lowest BCUT2D eigenvalue weighted by Gasteiger charge is -2.18. The molecule has 0 radical (unpaired) electrons. The van der Waals surface area contributed by atoms with Crippen LogP contribution in [0.5, 0.6) is 11.5 Å². The van der Waals surface area contributed by atoms with Crippen molar-refractivity contribution in [3.8, 4) is 11.5 Å². The van der Waals surface area contributed by atoms with Gasteiger partial charge in [-0.25, -0.2) is 4.39 Å². The molecule has 35 heavy (non-hydrogen) atoms. The van der Waals surface area contributed by atoms with Gasteiger partial charge >= 0.3 is 0 Å². The van der Waals surface area contributed by atoms with Gasteiger partial charge in [0.2, 0.25) is 5.91 Å². The van der Waals surface area contributed by atoms with Crippen molar-refractivity contribution in [1.82, 2.24) is 10.3 Å². The van der Waals surface area contributed by atoms with Crippen molar-refractivity contribution < 1.29 is 13.9 Å². The standard InChI is InChI=1S/C30H25FN2O2/c31-23-15-13-21(14-16-23)19-33-30(34)18-27(28-20-32-29-12-5-4-11-26(28)29)22-7-6-10-25(17-22)35-24-8-2-1-3-9-24/h1-17,20,27,32H,18-19H2,(H,33,34). The summed E-state index contributed by atoms with van der Waals surface area (Å²) in [6, 6.07) is 31.7. The molecule has 2 N–H and O–H groups in total. The highest BCUT2D eigenvalue weighted by Crippen LogP contribution is 2.35. The summed E-state index contributed by atoms with van der Waals surface area (Å²) in [6.45, 7) is 0.344. The summed E-state index contributed by atoms with van der Waals surface area (Å²) in [4.78, 5) is 16.4. The van der Waals surface area contributed by atoms with Crippen LogP contribution in [0.2, 0.25) is 0 Å². The van der Waals surface area contributed by atoms with Gasteiger partial charge < -0.3 is 15.0 Å². The quantitative estimate of drug-likeness (QED) is 0.261. The van der Waals surface area contributed by atoms with E-state index in [1.165, 1.54) is 12.1 Å². The van der Waals surface area contributed by atoms with Gasteiger partial charge in [-0.15, -0.1) is 0 Å². The van der Waals surface area contributed by atoms with Gasteiger partial charge in [0.25, 0.3) is 0 Å². The molecule has 0 fully saturated rings. The van der Waals surface area contributed by atoms with Crippen LogP contribution in [0.4, 0.5) is 4.39 Å². The number of H-pyrrole nitrogens is 1. The fourth-order valence-corrected chi connectivity index (χ4v) is 4.27. The number of halogens is 1. The van der Waals surface area contributed by atoms with Gasteiger partial charge in [-0.2, -0.15) is 0 Å². The molecule has 0 aliphatic heterocycles. The Hall–Kier alpha value is -4.38. The Labute approximate surface area is 203 Å². The van der Waals surface area contributed by atoms with E-state index in [1.807, 2.05) is 79.0 Å². The second kappa shape index (κ2) is 10.3. The lowest BCUT2D eigenvalue weighted by Crippen LogP contribution is -2.25. The van der Waals surface area contributed by atoms with Crippen molar-refractivity contribution in [2.75, 3.05) is 0 Å². The summed E-state index contributed by atoms with van der Waals surface area (Å²) in [5.74, 6) is 0.908. The fourth-order valence-electron chi connectivity index (χ4n) is 4.27. The van der Waals surface area contributed by atoms with Gasteiger partial charge in [-0.1, -0.05) is 60.7 Å². The van der Waals surface area contributed by atoms with Crippen LogP contribution in [0.1, 0.15) is 29.0 Å². The number of hydrogen-bond acceptors (Lipinski definition) is 2. The van der Waals surface area contributed by atoms with E-state index in [0.717, 1.165) is 33.3 Å². The topological polar surface area (TPSA) is 54.1 Å². The highest BCUT2D eigenvalue weighted by molar-refractivity contribution is 5.86. The van der Waals surface area contributed by atoms with Crippen LogP contribution < -0.4 is 10.1 Å². The molecule has 0 saturated heterocycles. The van der Waals surface area contributed by atoms with Crippen molar-refractivity contribution in [2.45, 2.75) is 18.9 Å². The molecular formula is C30H25FN2O2. The van der Waals surface area contributed by atoms with Gasteiger partial charge in [0.05, 0.1) is 0 Å². The number of benzene rings is 4. The molecule has 1 aromatic heterocycles. The van der Waals surface area contributed by atoms with Crippen LogP contribution in [-0.2, 0) is 11.3 Å². The van der Waals surface area contributed by atoms with E-state index in [1.54, 1.807) is 12.1 Å². The number of ether oxygens (including phenoxy) is 1. The molecule has 174 valence electrons. The first kappa shape index (κ1) is 22.4. The number of aromatic nitrogens is 1. The third-order valence-corrected chi connectivity index (χ3v) is 6.03. The molecule has 1 unspecified atom stereocenters. The summed E-state index contributed by atoms with van der Waals surface area (Å²) >= 11 is 0. The minimum absolute atomic E-state index is 0.0843. The van der Waals surface area contributed by atoms with E-state index in [0.29, 0.717) is 12.3 Å². The molecular weight excluding hydrogens is 439 g/mol. The molecule has 0 bridgehead atoms. The molecule has 1 heterocycles. The van der Waals surface area contributed by atoms with E-state index in [9.17, 15) is 9.18 Å². The van der Waals surface area contributed by atoms with Crippen LogP contribution in [-0.4, -0.2) is 10.9 Å². The predicted molar refractivity (Wildman–Crippen MR) is 136 cm³/mol. The Morgan fingerprint density at radius 2 is 1.60 bits per heavy atom. The van der Waals surface area contributed by atoms with Crippen LogP contribution in [0.25, 0.3) is 10.9 Å². The maximum Gasteiger partial charge on any atom is 0.221 e. The Balaban J connectivity index is 1.42. The number of fused-ring (bicyclic) bond motifs is 1. The molecule has 0 aliphatic carbocycles. The zero-order valence-electron chi connectivity index (χ0n) is 19.1. The SMILES string of the molecule is O=C(CC(c1cccc(Oc2ccccc2)c1)c1c[nH]c2ccccc12)NCc1ccc(F)cc1. The molecule has 0 saturated carbocycles. The molecule has 5 heteroatoms. The molecule has 1 amide bonds. The number of carbonyl (C=O) groups excluding carboxylic acids is 1. The first-order chi connectivity index (χ1) is 17.2. The van der Waals surface area contributed by atoms with Crippen molar-refractivity contribution in [1.29, 1.82) is 0 Å². The molecule has 0 aliphatic rings. The number of aromatic amines is 1. The number of carbonyl (C=O) groups is 1. The normalized spacial score (nSPS) is 11.8. The summed E-state index contributed by atoms with van der Waals surface area (Å²) in [5, 5.41) is 4.06. The summed E-state index contributed by atoms with van der Waals surface area (Å²) in [5.41, 5.74) is 3.91. The number of amides is 1. The maximum absolute atomic E-state index is 13.2.